The van der Waals surface area contributed by atoms with E-state index in [0.29, 0.717) is 6.29 Å². The number of hydrogen-bond donors (Lipinski definition) is 0. The van der Waals surface area contributed by atoms with E-state index in [2.05, 4.69) is 0 Å². The van der Waals surface area contributed by atoms with Crippen LogP contribution in [0.4, 0.5) is 18.9 Å². The van der Waals surface area contributed by atoms with E-state index in [1.807, 2.05) is 6.07 Å². The molecule has 102 valence electrons. The van der Waals surface area contributed by atoms with Crippen molar-refractivity contribution in [2.45, 2.75) is 26.1 Å². The van der Waals surface area contributed by atoms with Crippen LogP contribution in [0.15, 0.2) is 18.2 Å². The number of hydrogen-bond acceptors (Lipinski definition) is 3. The van der Waals surface area contributed by atoms with Crippen LogP contribution in [0.2, 0.25) is 0 Å². The molecule has 0 amide bonds. The quantitative estimate of drug-likeness (QED) is 0.789. The number of rotatable bonds is 4. The minimum atomic E-state index is -4.36. The first kappa shape index (κ1) is 15.0. The van der Waals surface area contributed by atoms with E-state index < -0.39 is 18.8 Å². The molecule has 1 rings (SSSR count). The molecule has 0 saturated carbocycles. The highest BCUT2D eigenvalue weighted by molar-refractivity contribution is 5.78. The molecule has 0 aliphatic rings. The van der Waals surface area contributed by atoms with Gasteiger partial charge < -0.3 is 4.90 Å². The van der Waals surface area contributed by atoms with Crippen molar-refractivity contribution < 1.29 is 18.0 Å². The van der Waals surface area contributed by atoms with Gasteiger partial charge in [0.2, 0.25) is 0 Å². The van der Waals surface area contributed by atoms with Gasteiger partial charge in [-0.2, -0.15) is 18.4 Å². The molecular weight excluding hydrogens is 257 g/mol. The summed E-state index contributed by atoms with van der Waals surface area (Å²) in [4.78, 5) is 11.7. The van der Waals surface area contributed by atoms with Gasteiger partial charge in [-0.15, -0.1) is 0 Å². The van der Waals surface area contributed by atoms with Crippen molar-refractivity contribution in [2.24, 2.45) is 0 Å². The summed E-state index contributed by atoms with van der Waals surface area (Å²) in [5.41, 5.74) is 0.499. The smallest absolute Gasteiger partial charge is 0.359 e. The first-order chi connectivity index (χ1) is 8.78. The third-order valence-corrected chi connectivity index (χ3v) is 2.56. The standard InChI is InChI=1S/C13H13F3N2O/c1-9(2)18(8-13(14,15)16)12-4-3-10(7-19)5-11(12)6-17/h3-5,7,9H,8H2,1-2H3. The average molecular weight is 270 g/mol. The largest absolute Gasteiger partial charge is 0.405 e. The molecule has 0 heterocycles. The zero-order valence-corrected chi connectivity index (χ0v) is 10.5. The summed E-state index contributed by atoms with van der Waals surface area (Å²) in [5.74, 6) is 0. The Morgan fingerprint density at radius 1 is 1.42 bits per heavy atom. The first-order valence-electron chi connectivity index (χ1n) is 5.61. The molecule has 0 aliphatic carbocycles. The monoisotopic (exact) mass is 270 g/mol. The lowest BCUT2D eigenvalue weighted by atomic mass is 10.1. The van der Waals surface area contributed by atoms with Gasteiger partial charge in [0, 0.05) is 11.6 Å². The topological polar surface area (TPSA) is 44.1 Å². The van der Waals surface area contributed by atoms with Gasteiger partial charge in [0.15, 0.2) is 0 Å². The lowest BCUT2D eigenvalue weighted by Crippen LogP contribution is -2.39. The van der Waals surface area contributed by atoms with Crippen LogP contribution in [0.25, 0.3) is 0 Å². The number of nitriles is 1. The summed E-state index contributed by atoms with van der Waals surface area (Å²) in [6.45, 7) is 2.08. The van der Waals surface area contributed by atoms with Crippen molar-refractivity contribution >= 4 is 12.0 Å². The minimum absolute atomic E-state index is 0.0579. The van der Waals surface area contributed by atoms with Crippen LogP contribution in [0.1, 0.15) is 29.8 Å². The van der Waals surface area contributed by atoms with Gasteiger partial charge in [-0.25, -0.2) is 0 Å². The van der Waals surface area contributed by atoms with E-state index in [1.165, 1.54) is 18.2 Å². The van der Waals surface area contributed by atoms with Gasteiger partial charge in [0.25, 0.3) is 0 Å². The van der Waals surface area contributed by atoms with Crippen LogP contribution in [-0.2, 0) is 0 Å². The molecule has 0 saturated heterocycles. The third-order valence-electron chi connectivity index (χ3n) is 2.56. The summed E-state index contributed by atoms with van der Waals surface area (Å²) in [6.07, 6.45) is -3.81. The fraction of sp³-hybridized carbons (Fsp3) is 0.385. The zero-order chi connectivity index (χ0) is 14.6. The molecule has 1 aromatic carbocycles. The Kier molecular flexibility index (Phi) is 4.54. The summed E-state index contributed by atoms with van der Waals surface area (Å²) < 4.78 is 37.7. The highest BCUT2D eigenvalue weighted by Crippen LogP contribution is 2.27. The molecule has 6 heteroatoms. The molecule has 0 aliphatic heterocycles. The molecule has 3 nitrogen and oxygen atoms in total. The lowest BCUT2D eigenvalue weighted by molar-refractivity contribution is -0.120. The maximum Gasteiger partial charge on any atom is 0.405 e. The normalized spacial score (nSPS) is 11.2. The predicted octanol–water partition coefficient (Wildman–Crippen LogP) is 3.15. The van der Waals surface area contributed by atoms with Gasteiger partial charge in [0.05, 0.1) is 11.3 Å². The minimum Gasteiger partial charge on any atom is -0.359 e. The van der Waals surface area contributed by atoms with Gasteiger partial charge in [-0.05, 0) is 32.0 Å². The number of halogens is 3. The third kappa shape index (κ3) is 3.98. The van der Waals surface area contributed by atoms with Crippen LogP contribution >= 0.6 is 0 Å². The van der Waals surface area contributed by atoms with Crippen LogP contribution in [0.5, 0.6) is 0 Å². The van der Waals surface area contributed by atoms with Crippen molar-refractivity contribution in [1.29, 1.82) is 5.26 Å². The fourth-order valence-corrected chi connectivity index (χ4v) is 1.71. The number of alkyl halides is 3. The van der Waals surface area contributed by atoms with Crippen molar-refractivity contribution in [3.8, 4) is 6.07 Å². The molecule has 0 fully saturated rings. The van der Waals surface area contributed by atoms with E-state index in [9.17, 15) is 18.0 Å². The van der Waals surface area contributed by atoms with E-state index in [4.69, 9.17) is 5.26 Å². The molecule has 0 spiro atoms. The van der Waals surface area contributed by atoms with Gasteiger partial charge >= 0.3 is 6.18 Å². The molecular formula is C13H13F3N2O. The second kappa shape index (κ2) is 5.74. The summed E-state index contributed by atoms with van der Waals surface area (Å²) >= 11 is 0. The van der Waals surface area contributed by atoms with Crippen molar-refractivity contribution in [2.75, 3.05) is 11.4 Å². The van der Waals surface area contributed by atoms with Gasteiger partial charge in [-0.1, -0.05) is 0 Å². The SMILES string of the molecule is CC(C)N(CC(F)(F)F)c1ccc(C=O)cc1C#N. The molecule has 0 radical (unpaired) electrons. The summed E-state index contributed by atoms with van der Waals surface area (Å²) in [5, 5.41) is 8.99. The van der Waals surface area contributed by atoms with Crippen molar-refractivity contribution in [1.82, 2.24) is 0 Å². The van der Waals surface area contributed by atoms with Crippen LogP contribution in [-0.4, -0.2) is 25.0 Å². The first-order valence-corrected chi connectivity index (χ1v) is 5.61. The number of aldehydes is 1. The molecule has 19 heavy (non-hydrogen) atoms. The fourth-order valence-electron chi connectivity index (χ4n) is 1.71. The van der Waals surface area contributed by atoms with Crippen LogP contribution in [0.3, 0.4) is 0 Å². The highest BCUT2D eigenvalue weighted by Gasteiger charge is 2.32. The highest BCUT2D eigenvalue weighted by atomic mass is 19.4. The van der Waals surface area contributed by atoms with Gasteiger partial charge in [0.1, 0.15) is 18.9 Å². The lowest BCUT2D eigenvalue weighted by Gasteiger charge is -2.30. The number of benzene rings is 1. The molecule has 1 aromatic rings. The number of carbonyl (C=O) groups excluding carboxylic acids is 1. The second-order valence-corrected chi connectivity index (χ2v) is 4.34. The Hall–Kier alpha value is -2.03. The maximum absolute atomic E-state index is 12.6. The Labute approximate surface area is 109 Å². The van der Waals surface area contributed by atoms with E-state index in [1.54, 1.807) is 13.8 Å². The van der Waals surface area contributed by atoms with Crippen molar-refractivity contribution in [3.63, 3.8) is 0 Å². The van der Waals surface area contributed by atoms with Crippen LogP contribution in [0, 0.1) is 11.3 Å². The Bertz CT molecular complexity index is 504. The molecule has 0 unspecified atom stereocenters. The van der Waals surface area contributed by atoms with Crippen LogP contribution < -0.4 is 4.90 Å². The Morgan fingerprint density at radius 3 is 2.47 bits per heavy atom. The van der Waals surface area contributed by atoms with Gasteiger partial charge in [-0.3, -0.25) is 4.79 Å². The van der Waals surface area contributed by atoms with Crippen molar-refractivity contribution in [3.05, 3.63) is 29.3 Å². The number of anilines is 1. The maximum atomic E-state index is 12.6. The molecule has 0 N–H and O–H groups in total. The van der Waals surface area contributed by atoms with E-state index in [0.717, 1.165) is 4.90 Å². The molecule has 0 atom stereocenters. The predicted molar refractivity (Wildman–Crippen MR) is 65.1 cm³/mol. The molecule has 0 bridgehead atoms. The molecule has 0 aromatic heterocycles. The van der Waals surface area contributed by atoms with E-state index >= 15 is 0 Å². The van der Waals surface area contributed by atoms with E-state index in [-0.39, 0.29) is 16.8 Å². The average Bonchev–Trinajstić information content (AvgIpc) is 2.34. The second-order valence-electron chi connectivity index (χ2n) is 4.34. The summed E-state index contributed by atoms with van der Waals surface area (Å²) in [6, 6.07) is 5.46. The summed E-state index contributed by atoms with van der Waals surface area (Å²) in [7, 11) is 0. The Balaban J connectivity index is 3.24. The number of nitrogens with zero attached hydrogens (tertiary/aromatic N) is 2. The Morgan fingerprint density at radius 2 is 2.05 bits per heavy atom. The number of carbonyl (C=O) groups is 1. The zero-order valence-electron chi connectivity index (χ0n) is 10.5.